The Bertz CT molecular complexity index is 1270. The van der Waals surface area contributed by atoms with Gasteiger partial charge in [0.2, 0.25) is 5.91 Å². The summed E-state index contributed by atoms with van der Waals surface area (Å²) >= 11 is 2.23. The molecule has 0 spiro atoms. The van der Waals surface area contributed by atoms with E-state index in [0.29, 0.717) is 5.13 Å². The molecule has 0 unspecified atom stereocenters. The van der Waals surface area contributed by atoms with Gasteiger partial charge in [-0.2, -0.15) is 13.2 Å². The summed E-state index contributed by atoms with van der Waals surface area (Å²) in [6.07, 6.45) is -1.68. The number of benzene rings is 1. The number of amides is 2. The summed E-state index contributed by atoms with van der Waals surface area (Å²) in [5.41, 5.74) is -0.730. The van der Waals surface area contributed by atoms with Crippen molar-refractivity contribution in [3.05, 3.63) is 71.4 Å². The van der Waals surface area contributed by atoms with Crippen molar-refractivity contribution >= 4 is 40.0 Å². The number of thioether (sulfide) groups is 1. The molecule has 0 aliphatic rings. The number of nitrogens with zero attached hydrogens (tertiary/aromatic N) is 4. The molecular weight excluding hydrogens is 493 g/mol. The van der Waals surface area contributed by atoms with Crippen LogP contribution in [0.2, 0.25) is 0 Å². The third-order valence-electron chi connectivity index (χ3n) is 4.30. The lowest BCUT2D eigenvalue weighted by Gasteiger charge is -2.13. The van der Waals surface area contributed by atoms with E-state index in [-0.39, 0.29) is 40.6 Å². The van der Waals surface area contributed by atoms with Crippen LogP contribution in [0.1, 0.15) is 21.9 Å². The third-order valence-corrected chi connectivity index (χ3v) is 5.91. The van der Waals surface area contributed by atoms with E-state index in [1.807, 2.05) is 0 Å². The molecule has 3 aromatic heterocycles. The van der Waals surface area contributed by atoms with E-state index in [1.54, 1.807) is 17.6 Å². The molecule has 0 aliphatic heterocycles. The summed E-state index contributed by atoms with van der Waals surface area (Å²) in [6.45, 7) is -0.144. The van der Waals surface area contributed by atoms with Gasteiger partial charge in [0.05, 0.1) is 29.8 Å². The van der Waals surface area contributed by atoms with Crippen LogP contribution in [0.4, 0.5) is 18.3 Å². The lowest BCUT2D eigenvalue weighted by atomic mass is 10.2. The zero-order valence-electron chi connectivity index (χ0n) is 17.1. The summed E-state index contributed by atoms with van der Waals surface area (Å²) in [6, 6.07) is 7.62. The number of hydrogen-bond acceptors (Lipinski definition) is 8. The number of hydrogen-bond donors (Lipinski definition) is 2. The third kappa shape index (κ3) is 5.63. The minimum Gasteiger partial charge on any atom is -0.459 e. The highest BCUT2D eigenvalue weighted by Crippen LogP contribution is 2.31. The number of anilines is 1. The van der Waals surface area contributed by atoms with Gasteiger partial charge in [-0.3, -0.25) is 14.2 Å². The maximum atomic E-state index is 13.3. The first-order valence-corrected chi connectivity index (χ1v) is 11.4. The maximum Gasteiger partial charge on any atom is 0.416 e. The van der Waals surface area contributed by atoms with Crippen LogP contribution in [0.5, 0.6) is 0 Å². The average Bonchev–Trinajstić information content (AvgIpc) is 3.58. The molecule has 2 amide bonds. The van der Waals surface area contributed by atoms with Crippen molar-refractivity contribution in [3.8, 4) is 5.69 Å². The molecule has 2 N–H and O–H groups in total. The van der Waals surface area contributed by atoms with Crippen LogP contribution in [0, 0.1) is 0 Å². The zero-order valence-corrected chi connectivity index (χ0v) is 18.7. The number of carbonyl (C=O) groups excluding carboxylic acids is 2. The first-order chi connectivity index (χ1) is 16.3. The second-order valence-electron chi connectivity index (χ2n) is 6.62. The summed E-state index contributed by atoms with van der Waals surface area (Å²) in [4.78, 5) is 28.4. The molecule has 0 saturated heterocycles. The molecule has 176 valence electrons. The lowest BCUT2D eigenvalue weighted by Crippen LogP contribution is -2.24. The first kappa shape index (κ1) is 23.5. The summed E-state index contributed by atoms with van der Waals surface area (Å²) in [5.74, 6) is -0.748. The Morgan fingerprint density at radius 2 is 2.03 bits per heavy atom. The minimum absolute atomic E-state index is 0.0681. The summed E-state index contributed by atoms with van der Waals surface area (Å²) < 4.78 is 46.2. The smallest absolute Gasteiger partial charge is 0.416 e. The van der Waals surface area contributed by atoms with E-state index < -0.39 is 17.6 Å². The average molecular weight is 509 g/mol. The van der Waals surface area contributed by atoms with Gasteiger partial charge >= 0.3 is 6.18 Å². The molecular formula is C20H15F3N6O3S2. The standard InChI is InChI=1S/C20H15F3N6O3S2/c21-20(22,23)12-3-1-4-13(9-12)29-15(10-25-17(31)14-5-2-7-32-14)27-28-19(29)34-11-16(30)26-18-24-6-8-33-18/h1-9H,10-11H2,(H,25,31)(H,24,26,30). The van der Waals surface area contributed by atoms with Crippen LogP contribution >= 0.6 is 23.1 Å². The number of halogens is 3. The Labute approximate surface area is 198 Å². The van der Waals surface area contributed by atoms with E-state index >= 15 is 0 Å². The highest BCUT2D eigenvalue weighted by molar-refractivity contribution is 7.99. The molecule has 1 aromatic carbocycles. The molecule has 4 rings (SSSR count). The van der Waals surface area contributed by atoms with Crippen molar-refractivity contribution in [3.63, 3.8) is 0 Å². The largest absolute Gasteiger partial charge is 0.459 e. The highest BCUT2D eigenvalue weighted by Gasteiger charge is 2.31. The van der Waals surface area contributed by atoms with Gasteiger partial charge in [0.15, 0.2) is 21.9 Å². The maximum absolute atomic E-state index is 13.3. The number of thiazole rings is 1. The molecule has 4 aromatic rings. The Balaban J connectivity index is 1.58. The zero-order chi connectivity index (χ0) is 24.1. The highest BCUT2D eigenvalue weighted by atomic mass is 32.2. The molecule has 0 aliphatic carbocycles. The fourth-order valence-electron chi connectivity index (χ4n) is 2.81. The van der Waals surface area contributed by atoms with Crippen molar-refractivity contribution < 1.29 is 27.2 Å². The van der Waals surface area contributed by atoms with E-state index in [9.17, 15) is 22.8 Å². The first-order valence-electron chi connectivity index (χ1n) is 9.57. The summed E-state index contributed by atoms with van der Waals surface area (Å²) in [7, 11) is 0. The van der Waals surface area contributed by atoms with Crippen LogP contribution in [0.3, 0.4) is 0 Å². The fraction of sp³-hybridized carbons (Fsp3) is 0.150. The van der Waals surface area contributed by atoms with Crippen molar-refractivity contribution in [1.82, 2.24) is 25.1 Å². The van der Waals surface area contributed by atoms with Crippen LogP contribution < -0.4 is 10.6 Å². The Kier molecular flexibility index (Phi) is 6.98. The Morgan fingerprint density at radius 3 is 2.74 bits per heavy atom. The molecule has 3 heterocycles. The molecule has 0 saturated carbocycles. The molecule has 14 heteroatoms. The van der Waals surface area contributed by atoms with Crippen LogP contribution in [0.25, 0.3) is 5.69 Å². The van der Waals surface area contributed by atoms with E-state index in [1.165, 1.54) is 40.4 Å². The van der Waals surface area contributed by atoms with Gasteiger partial charge in [0.1, 0.15) is 0 Å². The van der Waals surface area contributed by atoms with Crippen molar-refractivity contribution in [2.45, 2.75) is 17.9 Å². The van der Waals surface area contributed by atoms with Gasteiger partial charge in [-0.05, 0) is 30.3 Å². The van der Waals surface area contributed by atoms with Crippen molar-refractivity contribution in [2.24, 2.45) is 0 Å². The van der Waals surface area contributed by atoms with Crippen LogP contribution in [-0.2, 0) is 17.5 Å². The quantitative estimate of drug-likeness (QED) is 0.346. The second-order valence-corrected chi connectivity index (χ2v) is 8.45. The number of nitrogens with one attached hydrogen (secondary N) is 2. The number of aromatic nitrogens is 4. The van der Waals surface area contributed by atoms with Crippen molar-refractivity contribution in [2.75, 3.05) is 11.1 Å². The van der Waals surface area contributed by atoms with Gasteiger partial charge in [-0.15, -0.1) is 21.5 Å². The number of rotatable bonds is 8. The Morgan fingerprint density at radius 1 is 1.18 bits per heavy atom. The molecule has 0 radical (unpaired) electrons. The SMILES string of the molecule is O=C(CSc1nnc(CNC(=O)c2ccco2)n1-c1cccc(C(F)(F)F)c1)Nc1nccs1. The van der Waals surface area contributed by atoms with Gasteiger partial charge in [0, 0.05) is 11.6 Å². The van der Waals surface area contributed by atoms with Gasteiger partial charge in [-0.1, -0.05) is 17.8 Å². The van der Waals surface area contributed by atoms with E-state index in [2.05, 4.69) is 25.8 Å². The van der Waals surface area contributed by atoms with E-state index in [0.717, 1.165) is 23.9 Å². The molecule has 0 atom stereocenters. The molecule has 0 bridgehead atoms. The fourth-order valence-corrected chi connectivity index (χ4v) is 4.13. The normalized spacial score (nSPS) is 11.4. The van der Waals surface area contributed by atoms with Crippen LogP contribution in [-0.4, -0.2) is 37.3 Å². The van der Waals surface area contributed by atoms with Crippen molar-refractivity contribution in [1.29, 1.82) is 0 Å². The number of carbonyl (C=O) groups is 2. The molecule has 34 heavy (non-hydrogen) atoms. The van der Waals surface area contributed by atoms with Gasteiger partial charge in [-0.25, -0.2) is 4.98 Å². The second kappa shape index (κ2) is 10.1. The molecule has 0 fully saturated rings. The topological polar surface area (TPSA) is 115 Å². The predicted octanol–water partition coefficient (Wildman–Crippen LogP) is 4.00. The van der Waals surface area contributed by atoms with Gasteiger partial charge < -0.3 is 15.1 Å². The Hall–Kier alpha value is -3.65. The number of furan rings is 1. The lowest BCUT2D eigenvalue weighted by molar-refractivity contribution is -0.137. The van der Waals surface area contributed by atoms with Crippen LogP contribution in [0.15, 0.2) is 63.8 Å². The van der Waals surface area contributed by atoms with Gasteiger partial charge in [0.25, 0.3) is 5.91 Å². The summed E-state index contributed by atoms with van der Waals surface area (Å²) in [5, 5.41) is 15.5. The predicted molar refractivity (Wildman–Crippen MR) is 118 cm³/mol. The minimum atomic E-state index is -4.56. The number of alkyl halides is 3. The molecule has 9 nitrogen and oxygen atoms in total. The monoisotopic (exact) mass is 508 g/mol. The van der Waals surface area contributed by atoms with E-state index in [4.69, 9.17) is 4.42 Å².